The highest BCUT2D eigenvalue weighted by Crippen LogP contribution is 2.47. The summed E-state index contributed by atoms with van der Waals surface area (Å²) in [6, 6.07) is 0. The first-order valence-corrected chi connectivity index (χ1v) is 7.59. The molecule has 1 nitrogen and oxygen atoms in total. The SMILES string of the molecule is CC[C@H]1CC[C@H]2C/C=C(/C)[C@H]3C=CC[C@H]3C(=O)[C@H]21. The molecule has 3 rings (SSSR count). The topological polar surface area (TPSA) is 17.1 Å². The summed E-state index contributed by atoms with van der Waals surface area (Å²) < 4.78 is 0. The smallest absolute Gasteiger partial charge is 0.140 e. The summed E-state index contributed by atoms with van der Waals surface area (Å²) in [5.74, 6) is 2.94. The summed E-state index contributed by atoms with van der Waals surface area (Å²) in [7, 11) is 0. The molecule has 0 spiro atoms. The zero-order valence-electron chi connectivity index (χ0n) is 11.6. The predicted molar refractivity (Wildman–Crippen MR) is 74.1 cm³/mol. The van der Waals surface area contributed by atoms with Gasteiger partial charge in [-0.25, -0.2) is 0 Å². The van der Waals surface area contributed by atoms with Crippen LogP contribution in [0.1, 0.15) is 46.0 Å². The number of allylic oxidation sites excluding steroid dienone is 4. The Hall–Kier alpha value is -0.850. The van der Waals surface area contributed by atoms with E-state index in [1.165, 1.54) is 24.8 Å². The third-order valence-corrected chi connectivity index (χ3v) is 5.58. The first kappa shape index (κ1) is 12.2. The maximum atomic E-state index is 12.9. The molecule has 0 aromatic carbocycles. The van der Waals surface area contributed by atoms with E-state index in [0.717, 1.165) is 12.8 Å². The average molecular weight is 244 g/mol. The first-order chi connectivity index (χ1) is 8.72. The van der Waals surface area contributed by atoms with E-state index < -0.39 is 0 Å². The van der Waals surface area contributed by atoms with E-state index in [1.807, 2.05) is 0 Å². The van der Waals surface area contributed by atoms with E-state index in [2.05, 4.69) is 32.1 Å². The molecule has 1 saturated carbocycles. The second-order valence-corrected chi connectivity index (χ2v) is 6.41. The van der Waals surface area contributed by atoms with Gasteiger partial charge >= 0.3 is 0 Å². The number of rotatable bonds is 1. The molecule has 0 radical (unpaired) electrons. The van der Waals surface area contributed by atoms with Crippen molar-refractivity contribution in [3.05, 3.63) is 23.8 Å². The van der Waals surface area contributed by atoms with Crippen molar-refractivity contribution in [2.45, 2.75) is 46.0 Å². The van der Waals surface area contributed by atoms with E-state index >= 15 is 0 Å². The van der Waals surface area contributed by atoms with Crippen LogP contribution in [0, 0.1) is 29.6 Å². The second kappa shape index (κ2) is 4.68. The van der Waals surface area contributed by atoms with E-state index in [-0.39, 0.29) is 5.92 Å². The largest absolute Gasteiger partial charge is 0.299 e. The summed E-state index contributed by atoms with van der Waals surface area (Å²) in [5, 5.41) is 0. The monoisotopic (exact) mass is 244 g/mol. The fourth-order valence-electron chi connectivity index (χ4n) is 4.49. The summed E-state index contributed by atoms with van der Waals surface area (Å²) in [6.45, 7) is 4.47. The zero-order chi connectivity index (χ0) is 12.7. The van der Waals surface area contributed by atoms with Crippen LogP contribution in [0.5, 0.6) is 0 Å². The Bertz CT molecular complexity index is 404. The quantitative estimate of drug-likeness (QED) is 0.633. The van der Waals surface area contributed by atoms with Crippen LogP contribution in [0.25, 0.3) is 0 Å². The lowest BCUT2D eigenvalue weighted by molar-refractivity contribution is -0.130. The molecule has 0 heterocycles. The van der Waals surface area contributed by atoms with Gasteiger partial charge in [0.2, 0.25) is 0 Å². The zero-order valence-corrected chi connectivity index (χ0v) is 11.6. The molecule has 0 aliphatic heterocycles. The summed E-state index contributed by atoms with van der Waals surface area (Å²) in [6.07, 6.45) is 12.8. The van der Waals surface area contributed by atoms with Crippen LogP contribution < -0.4 is 0 Å². The maximum Gasteiger partial charge on any atom is 0.140 e. The molecular weight excluding hydrogens is 220 g/mol. The van der Waals surface area contributed by atoms with Gasteiger partial charge < -0.3 is 0 Å². The molecule has 0 bridgehead atoms. The molecule has 3 aliphatic rings. The van der Waals surface area contributed by atoms with Gasteiger partial charge in [-0.15, -0.1) is 0 Å². The first-order valence-electron chi connectivity index (χ1n) is 7.59. The highest BCUT2D eigenvalue weighted by Gasteiger charge is 2.45. The Morgan fingerprint density at radius 1 is 1.28 bits per heavy atom. The van der Waals surface area contributed by atoms with Crippen molar-refractivity contribution in [2.24, 2.45) is 29.6 Å². The summed E-state index contributed by atoms with van der Waals surface area (Å²) >= 11 is 0. The Balaban J connectivity index is 1.94. The molecule has 5 atom stereocenters. The Morgan fingerprint density at radius 3 is 2.89 bits per heavy atom. The second-order valence-electron chi connectivity index (χ2n) is 6.41. The molecule has 0 N–H and O–H groups in total. The van der Waals surface area contributed by atoms with Crippen molar-refractivity contribution in [1.82, 2.24) is 0 Å². The molecule has 1 fully saturated rings. The van der Waals surface area contributed by atoms with Crippen molar-refractivity contribution in [1.29, 1.82) is 0 Å². The van der Waals surface area contributed by atoms with Gasteiger partial charge in [0.15, 0.2) is 0 Å². The number of hydrogen-bond donors (Lipinski definition) is 0. The van der Waals surface area contributed by atoms with E-state index in [9.17, 15) is 4.79 Å². The third-order valence-electron chi connectivity index (χ3n) is 5.58. The van der Waals surface area contributed by atoms with Crippen molar-refractivity contribution >= 4 is 5.78 Å². The highest BCUT2D eigenvalue weighted by molar-refractivity contribution is 5.86. The van der Waals surface area contributed by atoms with Crippen LogP contribution in [0.15, 0.2) is 23.8 Å². The van der Waals surface area contributed by atoms with Crippen LogP contribution in [0.2, 0.25) is 0 Å². The van der Waals surface area contributed by atoms with Gasteiger partial charge in [0, 0.05) is 17.8 Å². The van der Waals surface area contributed by atoms with Crippen molar-refractivity contribution < 1.29 is 4.79 Å². The van der Waals surface area contributed by atoms with Crippen LogP contribution in [0.4, 0.5) is 0 Å². The van der Waals surface area contributed by atoms with Gasteiger partial charge in [-0.2, -0.15) is 0 Å². The van der Waals surface area contributed by atoms with Crippen LogP contribution in [-0.2, 0) is 4.79 Å². The molecule has 0 aromatic rings. The van der Waals surface area contributed by atoms with Crippen molar-refractivity contribution in [2.75, 3.05) is 0 Å². The van der Waals surface area contributed by atoms with Gasteiger partial charge in [0.25, 0.3) is 0 Å². The Labute approximate surface area is 110 Å². The van der Waals surface area contributed by atoms with Gasteiger partial charge in [-0.1, -0.05) is 37.1 Å². The van der Waals surface area contributed by atoms with Gasteiger partial charge in [0.1, 0.15) is 5.78 Å². The van der Waals surface area contributed by atoms with Crippen LogP contribution >= 0.6 is 0 Å². The summed E-state index contributed by atoms with van der Waals surface area (Å²) in [4.78, 5) is 12.9. The number of carbonyl (C=O) groups is 1. The fourth-order valence-corrected chi connectivity index (χ4v) is 4.49. The molecule has 1 heteroatoms. The fraction of sp³-hybridized carbons (Fsp3) is 0.706. The normalized spacial score (nSPS) is 46.0. The highest BCUT2D eigenvalue weighted by atomic mass is 16.1. The number of Topliss-reactive ketones (excluding diaryl/α,β-unsaturated/α-hetero) is 1. The van der Waals surface area contributed by atoms with Crippen LogP contribution in [0.3, 0.4) is 0 Å². The number of hydrogen-bond acceptors (Lipinski definition) is 1. The number of carbonyl (C=O) groups excluding carboxylic acids is 1. The molecule has 18 heavy (non-hydrogen) atoms. The minimum atomic E-state index is 0.265. The number of fused-ring (bicyclic) bond motifs is 2. The average Bonchev–Trinajstić information content (AvgIpc) is 3.00. The Morgan fingerprint density at radius 2 is 2.11 bits per heavy atom. The lowest BCUT2D eigenvalue weighted by Gasteiger charge is -2.31. The number of ketones is 1. The van der Waals surface area contributed by atoms with Crippen molar-refractivity contribution in [3.63, 3.8) is 0 Å². The third kappa shape index (κ3) is 1.79. The van der Waals surface area contributed by atoms with Crippen molar-refractivity contribution in [3.8, 4) is 0 Å². The molecule has 0 saturated heterocycles. The summed E-state index contributed by atoms with van der Waals surface area (Å²) in [5.41, 5.74) is 1.43. The van der Waals surface area contributed by atoms with E-state index in [1.54, 1.807) is 0 Å². The maximum absolute atomic E-state index is 12.9. The molecule has 0 unspecified atom stereocenters. The van der Waals surface area contributed by atoms with E-state index in [4.69, 9.17) is 0 Å². The Kier molecular flexibility index (Phi) is 3.17. The molecular formula is C17H24O. The van der Waals surface area contributed by atoms with Crippen LogP contribution in [-0.4, -0.2) is 5.78 Å². The minimum Gasteiger partial charge on any atom is -0.299 e. The van der Waals surface area contributed by atoms with Gasteiger partial charge in [0.05, 0.1) is 0 Å². The lowest BCUT2D eigenvalue weighted by Crippen LogP contribution is -2.34. The van der Waals surface area contributed by atoms with Gasteiger partial charge in [-0.05, 0) is 44.4 Å². The molecule has 0 aromatic heterocycles. The molecule has 3 aliphatic carbocycles. The molecule has 0 amide bonds. The standard InChI is InChI=1S/C17H24O/c1-3-12-9-10-13-8-7-11(2)14-5-4-6-15(14)17(18)16(12)13/h4-5,7,12-16H,3,6,8-10H2,1-2H3/b11-7-/t12-,13+,14+,15+,16-/m0/s1. The minimum absolute atomic E-state index is 0.265. The lowest BCUT2D eigenvalue weighted by atomic mass is 9.72. The molecule has 98 valence electrons. The van der Waals surface area contributed by atoms with Gasteiger partial charge in [-0.3, -0.25) is 4.79 Å². The van der Waals surface area contributed by atoms with E-state index in [0.29, 0.717) is 29.5 Å². The predicted octanol–water partition coefficient (Wildman–Crippen LogP) is 4.15.